The standard InChI is InChI=1S/C16H14F2O/c1-10-5-6-11(9-15(10)18)16(19)8-7-12-13(16)3-2-4-14(12)17/h2-6,9,19H,7-8H2,1H3. The average Bonchev–Trinajstić information content (AvgIpc) is 2.74. The lowest BCUT2D eigenvalue weighted by atomic mass is 9.87. The SMILES string of the molecule is Cc1ccc(C2(O)CCc3c(F)cccc32)cc1F. The molecule has 1 nitrogen and oxygen atoms in total. The van der Waals surface area contributed by atoms with Crippen LogP contribution in [-0.4, -0.2) is 5.11 Å². The van der Waals surface area contributed by atoms with E-state index in [2.05, 4.69) is 0 Å². The Morgan fingerprint density at radius 3 is 2.63 bits per heavy atom. The second-order valence-corrected chi connectivity index (χ2v) is 5.09. The summed E-state index contributed by atoms with van der Waals surface area (Å²) in [5, 5.41) is 10.8. The van der Waals surface area contributed by atoms with E-state index >= 15 is 0 Å². The first-order valence-electron chi connectivity index (χ1n) is 6.29. The van der Waals surface area contributed by atoms with Crippen LogP contribution in [0.4, 0.5) is 8.78 Å². The van der Waals surface area contributed by atoms with E-state index in [0.29, 0.717) is 35.1 Å². The first kappa shape index (κ1) is 12.3. The van der Waals surface area contributed by atoms with Crippen molar-refractivity contribution in [3.8, 4) is 0 Å². The summed E-state index contributed by atoms with van der Waals surface area (Å²) in [5.41, 5.74) is 0.817. The van der Waals surface area contributed by atoms with Gasteiger partial charge in [0.2, 0.25) is 0 Å². The molecular formula is C16H14F2O. The number of rotatable bonds is 1. The third kappa shape index (κ3) is 1.77. The molecule has 0 heterocycles. The molecule has 0 spiro atoms. The van der Waals surface area contributed by atoms with E-state index in [1.165, 1.54) is 12.1 Å². The number of aliphatic hydroxyl groups is 1. The Kier molecular flexibility index (Phi) is 2.68. The first-order chi connectivity index (χ1) is 9.02. The van der Waals surface area contributed by atoms with Crippen LogP contribution in [0.5, 0.6) is 0 Å². The van der Waals surface area contributed by atoms with E-state index in [9.17, 15) is 13.9 Å². The normalized spacial score (nSPS) is 21.5. The van der Waals surface area contributed by atoms with Crippen LogP contribution in [0.15, 0.2) is 36.4 Å². The van der Waals surface area contributed by atoms with Gasteiger partial charge in [0, 0.05) is 0 Å². The van der Waals surface area contributed by atoms with Crippen molar-refractivity contribution >= 4 is 0 Å². The molecule has 0 saturated heterocycles. The average molecular weight is 260 g/mol. The van der Waals surface area contributed by atoms with Crippen LogP contribution in [0.3, 0.4) is 0 Å². The lowest BCUT2D eigenvalue weighted by Crippen LogP contribution is -2.24. The number of hydrogen-bond donors (Lipinski definition) is 1. The van der Waals surface area contributed by atoms with Crippen molar-refractivity contribution in [2.24, 2.45) is 0 Å². The van der Waals surface area contributed by atoms with E-state index in [1.54, 1.807) is 31.2 Å². The van der Waals surface area contributed by atoms with Crippen LogP contribution in [-0.2, 0) is 12.0 Å². The molecule has 2 aromatic rings. The van der Waals surface area contributed by atoms with Gasteiger partial charge in [-0.1, -0.05) is 24.3 Å². The number of benzene rings is 2. The second-order valence-electron chi connectivity index (χ2n) is 5.09. The third-order valence-corrected chi connectivity index (χ3v) is 3.95. The second kappa shape index (κ2) is 4.14. The fourth-order valence-electron chi connectivity index (χ4n) is 2.79. The molecule has 1 aliphatic carbocycles. The van der Waals surface area contributed by atoms with Gasteiger partial charge in [-0.3, -0.25) is 0 Å². The van der Waals surface area contributed by atoms with Crippen molar-refractivity contribution in [2.45, 2.75) is 25.4 Å². The number of aryl methyl sites for hydroxylation is 1. The molecule has 0 fully saturated rings. The van der Waals surface area contributed by atoms with Crippen LogP contribution in [0.1, 0.15) is 28.7 Å². The maximum atomic E-state index is 13.7. The summed E-state index contributed by atoms with van der Waals surface area (Å²) in [7, 11) is 0. The maximum Gasteiger partial charge on any atom is 0.126 e. The zero-order valence-corrected chi connectivity index (χ0v) is 10.6. The van der Waals surface area contributed by atoms with E-state index in [-0.39, 0.29) is 11.6 Å². The summed E-state index contributed by atoms with van der Waals surface area (Å²) in [6, 6.07) is 9.37. The molecule has 0 radical (unpaired) electrons. The molecule has 1 N–H and O–H groups in total. The van der Waals surface area contributed by atoms with Gasteiger partial charge < -0.3 is 5.11 Å². The minimum Gasteiger partial charge on any atom is -0.380 e. The van der Waals surface area contributed by atoms with Gasteiger partial charge in [-0.05, 0) is 54.2 Å². The minimum absolute atomic E-state index is 0.305. The third-order valence-electron chi connectivity index (χ3n) is 3.95. The van der Waals surface area contributed by atoms with Gasteiger partial charge >= 0.3 is 0 Å². The molecule has 0 amide bonds. The first-order valence-corrected chi connectivity index (χ1v) is 6.29. The highest BCUT2D eigenvalue weighted by Gasteiger charge is 2.39. The van der Waals surface area contributed by atoms with Crippen molar-refractivity contribution in [1.82, 2.24) is 0 Å². The molecule has 98 valence electrons. The fraction of sp³-hybridized carbons (Fsp3) is 0.250. The van der Waals surface area contributed by atoms with E-state index in [1.807, 2.05) is 0 Å². The Labute approximate surface area is 110 Å². The number of fused-ring (bicyclic) bond motifs is 1. The highest BCUT2D eigenvalue weighted by Crippen LogP contribution is 2.43. The van der Waals surface area contributed by atoms with Gasteiger partial charge in [0.25, 0.3) is 0 Å². The van der Waals surface area contributed by atoms with Gasteiger partial charge in [-0.2, -0.15) is 0 Å². The molecular weight excluding hydrogens is 246 g/mol. The van der Waals surface area contributed by atoms with Crippen LogP contribution in [0.25, 0.3) is 0 Å². The van der Waals surface area contributed by atoms with Crippen LogP contribution < -0.4 is 0 Å². The highest BCUT2D eigenvalue weighted by molar-refractivity contribution is 5.46. The summed E-state index contributed by atoms with van der Waals surface area (Å²) in [6.45, 7) is 1.67. The molecule has 0 bridgehead atoms. The van der Waals surface area contributed by atoms with Crippen molar-refractivity contribution in [3.05, 3.63) is 70.3 Å². The fourth-order valence-corrected chi connectivity index (χ4v) is 2.79. The smallest absolute Gasteiger partial charge is 0.126 e. The van der Waals surface area contributed by atoms with Crippen LogP contribution in [0, 0.1) is 18.6 Å². The summed E-state index contributed by atoms with van der Waals surface area (Å²) in [6.07, 6.45) is 0.847. The largest absolute Gasteiger partial charge is 0.380 e. The van der Waals surface area contributed by atoms with Gasteiger partial charge in [0.05, 0.1) is 0 Å². The Balaban J connectivity index is 2.16. The zero-order valence-electron chi connectivity index (χ0n) is 10.6. The van der Waals surface area contributed by atoms with Gasteiger partial charge in [0.15, 0.2) is 0 Å². The lowest BCUT2D eigenvalue weighted by Gasteiger charge is -2.25. The van der Waals surface area contributed by atoms with Crippen molar-refractivity contribution in [1.29, 1.82) is 0 Å². The maximum absolute atomic E-state index is 13.7. The monoisotopic (exact) mass is 260 g/mol. The molecule has 1 atom stereocenters. The van der Waals surface area contributed by atoms with Gasteiger partial charge in [0.1, 0.15) is 17.2 Å². The predicted molar refractivity (Wildman–Crippen MR) is 68.9 cm³/mol. The Morgan fingerprint density at radius 1 is 1.11 bits per heavy atom. The van der Waals surface area contributed by atoms with E-state index in [0.717, 1.165) is 0 Å². The molecule has 0 aliphatic heterocycles. The molecule has 0 saturated carbocycles. The quantitative estimate of drug-likeness (QED) is 0.832. The predicted octanol–water partition coefficient (Wildman–Crippen LogP) is 3.46. The molecule has 0 aromatic heterocycles. The molecule has 1 unspecified atom stereocenters. The van der Waals surface area contributed by atoms with Crippen molar-refractivity contribution < 1.29 is 13.9 Å². The molecule has 3 rings (SSSR count). The summed E-state index contributed by atoms with van der Waals surface area (Å²) in [5.74, 6) is -0.656. The van der Waals surface area contributed by atoms with E-state index in [4.69, 9.17) is 0 Å². The molecule has 1 aliphatic rings. The Bertz CT molecular complexity index is 651. The lowest BCUT2D eigenvalue weighted by molar-refractivity contribution is 0.0825. The zero-order chi connectivity index (χ0) is 13.6. The Morgan fingerprint density at radius 2 is 1.89 bits per heavy atom. The van der Waals surface area contributed by atoms with Gasteiger partial charge in [-0.25, -0.2) is 8.78 Å². The number of halogens is 2. The van der Waals surface area contributed by atoms with Crippen molar-refractivity contribution in [3.63, 3.8) is 0 Å². The summed E-state index contributed by atoms with van der Waals surface area (Å²) in [4.78, 5) is 0. The number of hydrogen-bond acceptors (Lipinski definition) is 1. The highest BCUT2D eigenvalue weighted by atomic mass is 19.1. The van der Waals surface area contributed by atoms with Crippen LogP contribution in [0.2, 0.25) is 0 Å². The van der Waals surface area contributed by atoms with Gasteiger partial charge in [-0.15, -0.1) is 0 Å². The molecule has 3 heteroatoms. The van der Waals surface area contributed by atoms with Crippen LogP contribution >= 0.6 is 0 Å². The topological polar surface area (TPSA) is 20.2 Å². The summed E-state index contributed by atoms with van der Waals surface area (Å²) >= 11 is 0. The molecule has 2 aromatic carbocycles. The molecule has 19 heavy (non-hydrogen) atoms. The summed E-state index contributed by atoms with van der Waals surface area (Å²) < 4.78 is 27.4. The minimum atomic E-state index is -1.29. The van der Waals surface area contributed by atoms with Crippen molar-refractivity contribution in [2.75, 3.05) is 0 Å². The Hall–Kier alpha value is -1.74. The van der Waals surface area contributed by atoms with E-state index < -0.39 is 5.60 Å².